The van der Waals surface area contributed by atoms with E-state index in [9.17, 15) is 19.1 Å². The van der Waals surface area contributed by atoms with Crippen LogP contribution in [0.2, 0.25) is 5.02 Å². The molecular formula is C22H14ClFN2O3. The first-order chi connectivity index (χ1) is 14.0. The van der Waals surface area contributed by atoms with E-state index in [4.69, 9.17) is 11.6 Å². The zero-order valence-electron chi connectivity index (χ0n) is 14.9. The summed E-state index contributed by atoms with van der Waals surface area (Å²) < 4.78 is 13.8. The number of anilines is 1. The van der Waals surface area contributed by atoms with Crippen molar-refractivity contribution in [3.05, 3.63) is 101 Å². The molecule has 7 heteroatoms. The van der Waals surface area contributed by atoms with Crippen LogP contribution in [-0.4, -0.2) is 21.8 Å². The summed E-state index contributed by atoms with van der Waals surface area (Å²) in [6.07, 6.45) is 3.03. The number of hydrogen-bond donors (Lipinski definition) is 1. The van der Waals surface area contributed by atoms with Crippen molar-refractivity contribution < 1.29 is 19.1 Å². The van der Waals surface area contributed by atoms with Crippen molar-refractivity contribution in [2.75, 3.05) is 4.90 Å². The first-order valence-corrected chi connectivity index (χ1v) is 9.07. The molecule has 1 fully saturated rings. The van der Waals surface area contributed by atoms with Crippen LogP contribution in [0.15, 0.2) is 78.6 Å². The molecule has 4 rings (SSSR count). The number of carbonyl (C=O) groups is 2. The Hall–Kier alpha value is -3.51. The molecule has 5 nitrogen and oxygen atoms in total. The lowest BCUT2D eigenvalue weighted by molar-refractivity contribution is -0.132. The highest BCUT2D eigenvalue weighted by Gasteiger charge is 2.47. The predicted octanol–water partition coefficient (Wildman–Crippen LogP) is 4.50. The van der Waals surface area contributed by atoms with Gasteiger partial charge in [-0.25, -0.2) is 4.39 Å². The van der Waals surface area contributed by atoms with Gasteiger partial charge in [0, 0.05) is 28.7 Å². The average molecular weight is 409 g/mol. The zero-order valence-corrected chi connectivity index (χ0v) is 15.7. The minimum Gasteiger partial charge on any atom is -0.507 e. The number of hydrogen-bond acceptors (Lipinski definition) is 4. The molecule has 144 valence electrons. The molecule has 0 spiro atoms. The maximum atomic E-state index is 13.8. The van der Waals surface area contributed by atoms with Gasteiger partial charge in [-0.2, -0.15) is 0 Å². The second-order valence-electron chi connectivity index (χ2n) is 6.44. The summed E-state index contributed by atoms with van der Waals surface area (Å²) in [6.45, 7) is 0. The van der Waals surface area contributed by atoms with Crippen LogP contribution in [0.1, 0.15) is 17.2 Å². The monoisotopic (exact) mass is 408 g/mol. The third-order valence-electron chi connectivity index (χ3n) is 4.65. The van der Waals surface area contributed by atoms with Gasteiger partial charge in [0.25, 0.3) is 11.7 Å². The number of amides is 1. The van der Waals surface area contributed by atoms with Gasteiger partial charge in [0.1, 0.15) is 11.6 Å². The maximum absolute atomic E-state index is 13.8. The Bertz CT molecular complexity index is 1150. The number of aliphatic hydroxyl groups is 1. The van der Waals surface area contributed by atoms with E-state index in [2.05, 4.69) is 4.98 Å². The van der Waals surface area contributed by atoms with Crippen molar-refractivity contribution in [3.8, 4) is 0 Å². The second kappa shape index (κ2) is 7.48. The number of nitrogens with zero attached hydrogens (tertiary/aromatic N) is 2. The number of carbonyl (C=O) groups excluding carboxylic acids is 2. The van der Waals surface area contributed by atoms with Gasteiger partial charge in [-0.3, -0.25) is 19.5 Å². The standard InChI is InChI=1S/C22H14ClFN2O3/c23-15-4-1-3-14(11-15)20(27)18-19(13-7-9-25-10-8-13)26(22(29)21(18)28)17-6-2-5-16(24)12-17/h1-12,19,27H/b20-18+. The van der Waals surface area contributed by atoms with Gasteiger partial charge in [-0.15, -0.1) is 0 Å². The van der Waals surface area contributed by atoms with Crippen LogP contribution in [0.5, 0.6) is 0 Å². The zero-order chi connectivity index (χ0) is 20.5. The minimum absolute atomic E-state index is 0.104. The molecule has 0 bridgehead atoms. The van der Waals surface area contributed by atoms with Gasteiger partial charge in [-0.05, 0) is 48.0 Å². The largest absolute Gasteiger partial charge is 0.507 e. The molecule has 0 radical (unpaired) electrons. The highest BCUT2D eigenvalue weighted by atomic mass is 35.5. The van der Waals surface area contributed by atoms with Gasteiger partial charge < -0.3 is 5.11 Å². The van der Waals surface area contributed by atoms with E-state index in [-0.39, 0.29) is 17.0 Å². The third kappa shape index (κ3) is 3.39. The first kappa shape index (κ1) is 18.8. The lowest BCUT2D eigenvalue weighted by Crippen LogP contribution is -2.29. The van der Waals surface area contributed by atoms with E-state index in [0.717, 1.165) is 0 Å². The summed E-state index contributed by atoms with van der Waals surface area (Å²) in [7, 11) is 0. The van der Waals surface area contributed by atoms with Crippen molar-refractivity contribution in [2.45, 2.75) is 6.04 Å². The van der Waals surface area contributed by atoms with Gasteiger partial charge in [0.15, 0.2) is 0 Å². The number of pyridine rings is 1. The van der Waals surface area contributed by atoms with E-state index >= 15 is 0 Å². The van der Waals surface area contributed by atoms with E-state index in [0.29, 0.717) is 16.1 Å². The SMILES string of the molecule is O=C1C(=O)N(c2cccc(F)c2)C(c2ccncc2)/C1=C(\O)c1cccc(Cl)c1. The highest BCUT2D eigenvalue weighted by Crippen LogP contribution is 2.42. The Kier molecular flexibility index (Phi) is 4.86. The van der Waals surface area contributed by atoms with Gasteiger partial charge in [0.2, 0.25) is 0 Å². The molecule has 2 aromatic carbocycles. The number of aromatic nitrogens is 1. The maximum Gasteiger partial charge on any atom is 0.300 e. The van der Waals surface area contributed by atoms with Crippen LogP contribution in [0.25, 0.3) is 5.76 Å². The normalized spacial score (nSPS) is 18.3. The molecule has 1 saturated heterocycles. The van der Waals surface area contributed by atoms with E-state index in [1.54, 1.807) is 30.3 Å². The molecule has 1 unspecified atom stereocenters. The molecule has 0 saturated carbocycles. The summed E-state index contributed by atoms with van der Waals surface area (Å²) in [6, 6.07) is 14.0. The van der Waals surface area contributed by atoms with Crippen LogP contribution < -0.4 is 4.90 Å². The fraction of sp³-hybridized carbons (Fsp3) is 0.0455. The van der Waals surface area contributed by atoms with Gasteiger partial charge in [-0.1, -0.05) is 29.8 Å². The Balaban J connectivity index is 1.96. The molecule has 2 heterocycles. The number of ketones is 1. The van der Waals surface area contributed by atoms with Crippen LogP contribution in [0.3, 0.4) is 0 Å². The average Bonchev–Trinajstić information content (AvgIpc) is 2.99. The molecule has 1 aliphatic heterocycles. The lowest BCUT2D eigenvalue weighted by Gasteiger charge is -2.25. The smallest absolute Gasteiger partial charge is 0.300 e. The van der Waals surface area contributed by atoms with Crippen LogP contribution in [0.4, 0.5) is 10.1 Å². The van der Waals surface area contributed by atoms with Crippen molar-refractivity contribution in [2.24, 2.45) is 0 Å². The van der Waals surface area contributed by atoms with Gasteiger partial charge in [0.05, 0.1) is 11.6 Å². The van der Waals surface area contributed by atoms with Gasteiger partial charge >= 0.3 is 0 Å². The van der Waals surface area contributed by atoms with Crippen molar-refractivity contribution in [1.82, 2.24) is 4.98 Å². The van der Waals surface area contributed by atoms with Crippen LogP contribution >= 0.6 is 11.6 Å². The quantitative estimate of drug-likeness (QED) is 0.393. The Morgan fingerprint density at radius 1 is 1.03 bits per heavy atom. The summed E-state index contributed by atoms with van der Waals surface area (Å²) in [5, 5.41) is 11.3. The number of Topliss-reactive ketones (excluding diaryl/α,β-unsaturated/α-hetero) is 1. The highest BCUT2D eigenvalue weighted by molar-refractivity contribution is 6.51. The fourth-order valence-electron chi connectivity index (χ4n) is 3.38. The summed E-state index contributed by atoms with van der Waals surface area (Å²) >= 11 is 6.01. The molecular weight excluding hydrogens is 395 g/mol. The second-order valence-corrected chi connectivity index (χ2v) is 6.88. The number of halogens is 2. The van der Waals surface area contributed by atoms with Crippen molar-refractivity contribution in [3.63, 3.8) is 0 Å². The number of aliphatic hydroxyl groups excluding tert-OH is 1. The lowest BCUT2D eigenvalue weighted by atomic mass is 9.96. The van der Waals surface area contributed by atoms with Crippen LogP contribution in [-0.2, 0) is 9.59 Å². The molecule has 3 aromatic rings. The summed E-state index contributed by atoms with van der Waals surface area (Å²) in [5.74, 6) is -2.63. The third-order valence-corrected chi connectivity index (χ3v) is 4.89. The Labute approximate surface area is 170 Å². The Morgan fingerprint density at radius 3 is 2.45 bits per heavy atom. The molecule has 0 aliphatic carbocycles. The fourth-order valence-corrected chi connectivity index (χ4v) is 3.57. The molecule has 1 atom stereocenters. The van der Waals surface area contributed by atoms with E-state index in [1.165, 1.54) is 47.6 Å². The molecule has 1 N–H and O–H groups in total. The summed E-state index contributed by atoms with van der Waals surface area (Å²) in [5.41, 5.74) is 0.952. The summed E-state index contributed by atoms with van der Waals surface area (Å²) in [4.78, 5) is 30.9. The molecule has 29 heavy (non-hydrogen) atoms. The molecule has 1 amide bonds. The number of rotatable bonds is 3. The topological polar surface area (TPSA) is 70.5 Å². The predicted molar refractivity (Wildman–Crippen MR) is 107 cm³/mol. The van der Waals surface area contributed by atoms with E-state index < -0.39 is 23.5 Å². The first-order valence-electron chi connectivity index (χ1n) is 8.70. The Morgan fingerprint density at radius 2 is 1.76 bits per heavy atom. The minimum atomic E-state index is -0.946. The number of benzene rings is 2. The molecule has 1 aromatic heterocycles. The van der Waals surface area contributed by atoms with Crippen molar-refractivity contribution in [1.29, 1.82) is 0 Å². The van der Waals surface area contributed by atoms with Crippen LogP contribution in [0, 0.1) is 5.82 Å². The van der Waals surface area contributed by atoms with Crippen molar-refractivity contribution >= 4 is 34.7 Å². The molecule has 1 aliphatic rings. The van der Waals surface area contributed by atoms with E-state index in [1.807, 2.05) is 0 Å².